The average molecular weight is 1940 g/mol. The molecule has 614 valence electrons. The molecule has 28 heteroatoms. The van der Waals surface area contributed by atoms with E-state index in [1.165, 1.54) is 112 Å². The number of fused-ring (bicyclic) bond motifs is 24. The minimum Gasteiger partial charge on any atom is -0.196 e. The second-order valence-corrected chi connectivity index (χ2v) is 50.3. The summed E-state index contributed by atoms with van der Waals surface area (Å²) < 4.78 is 204. The predicted molar refractivity (Wildman–Crippen MR) is 511 cm³/mol. The molecule has 16 aromatic heterocycles. The van der Waals surface area contributed by atoms with E-state index in [9.17, 15) is 0 Å². The van der Waals surface area contributed by atoms with Gasteiger partial charge in [-0.25, -0.2) is 0 Å². The fraction of sp³-hybridized carbons (Fsp3) is 0.146. The van der Waals surface area contributed by atoms with Crippen molar-refractivity contribution < 1.29 is 52.7 Å². The van der Waals surface area contributed by atoms with Crippen molar-refractivity contribution in [2.45, 2.75) is 90.9 Å². The number of rotatable bonds is 6. The van der Waals surface area contributed by atoms with Crippen LogP contribution in [0, 0.1) is 55.4 Å². The molecule has 0 fully saturated rings. The van der Waals surface area contributed by atoms with Crippen LogP contribution in [0.25, 0.3) is 179 Å². The Morgan fingerprint density at radius 1 is 0.185 bits per heavy atom. The van der Waals surface area contributed by atoms with E-state index < -0.39 is 35.5 Å². The normalized spacial score (nSPS) is 16.0. The van der Waals surface area contributed by atoms with Gasteiger partial charge in [-0.1, -0.05) is 35.4 Å². The van der Waals surface area contributed by atoms with Crippen LogP contribution in [0.5, 0.6) is 0 Å². The van der Waals surface area contributed by atoms with Crippen molar-refractivity contribution >= 4 is 239 Å². The molecule has 0 nitrogen and oxygen atoms in total. The van der Waals surface area contributed by atoms with Gasteiger partial charge < -0.3 is 0 Å². The summed E-state index contributed by atoms with van der Waals surface area (Å²) in [6, 6.07) is 47.7. The second kappa shape index (κ2) is 26.4. The first-order chi connectivity index (χ1) is 59.1. The van der Waals surface area contributed by atoms with Crippen molar-refractivity contribution in [2.24, 2.45) is 0 Å². The fourth-order valence-electron chi connectivity index (χ4n) is 18.7. The number of benzene rings is 5. The SMILES string of the molecule is Cc1cc2sc(-c3cc4c(s3)-c3c(C)c5c(c(C)c3C4(F)F)-c3sc(-c4cc6sc(C)cc6s4)cc3C5(F)F)cc2s1.Cc1cc2sc(-c3cc4c(s3)-c3cc5c(cc3C4(F)F)-c3sc(-c4cc6sc(C)cc6s4)cc3C5(F)F)cc2s1.Cc1ccc2sc(-c3cc4c(s3)-c3cc5c(cc3C4(F)F)-c3sc(-c4cc6cc(C)ccc6s4)cc3C5(F)F)cc2c1. The maximum Gasteiger partial charge on any atom is 0.300 e. The zero-order valence-electron chi connectivity index (χ0n) is 65.1. The Morgan fingerprint density at radius 2 is 0.403 bits per heavy atom. The number of halogens is 12. The van der Waals surface area contributed by atoms with E-state index in [0.29, 0.717) is 40.4 Å². The highest BCUT2D eigenvalue weighted by molar-refractivity contribution is 7.35. The van der Waals surface area contributed by atoms with Crippen LogP contribution in [0.1, 0.15) is 109 Å². The fourth-order valence-corrected chi connectivity index (χ4v) is 38.0. The first kappa shape index (κ1) is 78.3. The quantitative estimate of drug-likeness (QED) is 0.146. The number of alkyl halides is 12. The van der Waals surface area contributed by atoms with Crippen LogP contribution in [-0.4, -0.2) is 0 Å². The lowest BCUT2D eigenvalue weighted by Crippen LogP contribution is -2.16. The van der Waals surface area contributed by atoms with Crippen molar-refractivity contribution in [3.05, 3.63) is 266 Å². The van der Waals surface area contributed by atoms with Gasteiger partial charge in [0, 0.05) is 254 Å². The molecule has 27 rings (SSSR count). The van der Waals surface area contributed by atoms with Crippen molar-refractivity contribution in [2.75, 3.05) is 0 Å². The van der Waals surface area contributed by atoms with Gasteiger partial charge in [-0.3, -0.25) is 0 Å². The lowest BCUT2D eigenvalue weighted by molar-refractivity contribution is 0.0444. The largest absolute Gasteiger partial charge is 0.300 e. The van der Waals surface area contributed by atoms with Gasteiger partial charge in [0.1, 0.15) is 0 Å². The Balaban J connectivity index is 0.000000102. The van der Waals surface area contributed by atoms with Crippen LogP contribution in [0.15, 0.2) is 158 Å². The van der Waals surface area contributed by atoms with E-state index in [-0.39, 0.29) is 100 Å². The summed E-state index contributed by atoms with van der Waals surface area (Å²) in [5, 5.41) is 2.15. The molecule has 0 bridgehead atoms. The van der Waals surface area contributed by atoms with Gasteiger partial charge in [-0.2, -0.15) is 52.7 Å². The molecule has 0 amide bonds. The topological polar surface area (TPSA) is 0 Å². The third-order valence-corrected chi connectivity index (χ3v) is 43.5. The summed E-state index contributed by atoms with van der Waals surface area (Å²) in [5.74, 6) is -19.5. The van der Waals surface area contributed by atoms with Crippen LogP contribution >= 0.6 is 181 Å². The van der Waals surface area contributed by atoms with Crippen LogP contribution < -0.4 is 0 Å². The highest BCUT2D eigenvalue weighted by atomic mass is 32.2. The summed E-state index contributed by atoms with van der Waals surface area (Å²) in [4.78, 5) is 17.3. The second-order valence-electron chi connectivity index (χ2n) is 32.3. The molecule has 0 spiro atoms. The smallest absolute Gasteiger partial charge is 0.196 e. The molecule has 124 heavy (non-hydrogen) atoms. The number of hydrogen-bond donors (Lipinski definition) is 0. The monoisotopic (exact) mass is 1940 g/mol. The molecule has 0 atom stereocenters. The molecule has 0 radical (unpaired) electrons. The van der Waals surface area contributed by atoms with Crippen LogP contribution in [0.3, 0.4) is 0 Å². The highest BCUT2D eigenvalue weighted by Gasteiger charge is 2.58. The maximum atomic E-state index is 16.4. The molecule has 0 saturated carbocycles. The molecule has 6 aliphatic rings. The molecule has 5 aromatic carbocycles. The summed E-state index contributed by atoms with van der Waals surface area (Å²) in [5.41, 5.74) is 2.87. The van der Waals surface area contributed by atoms with Gasteiger partial charge in [-0.05, 0) is 211 Å². The van der Waals surface area contributed by atoms with Gasteiger partial charge in [0.25, 0.3) is 0 Å². The van der Waals surface area contributed by atoms with E-state index in [1.54, 1.807) is 164 Å². The zero-order chi connectivity index (χ0) is 85.0. The van der Waals surface area contributed by atoms with Gasteiger partial charge in [0.15, 0.2) is 0 Å². The zero-order valence-corrected chi connectivity index (χ0v) is 78.1. The lowest BCUT2D eigenvalue weighted by atomic mass is 9.88. The van der Waals surface area contributed by atoms with Crippen molar-refractivity contribution in [3.63, 3.8) is 0 Å². The molecule has 0 saturated heterocycles. The number of hydrogen-bond acceptors (Lipinski definition) is 16. The molecule has 16 heterocycles. The van der Waals surface area contributed by atoms with E-state index in [1.807, 2.05) is 76.2 Å². The highest BCUT2D eigenvalue weighted by Crippen LogP contribution is 2.69. The molecular weight excluding hydrogens is 1890 g/mol. The molecule has 6 aliphatic carbocycles. The maximum absolute atomic E-state index is 16.4. The minimum atomic E-state index is -3.26. The van der Waals surface area contributed by atoms with Gasteiger partial charge >= 0.3 is 35.5 Å². The third kappa shape index (κ3) is 11.1. The van der Waals surface area contributed by atoms with Gasteiger partial charge in [0.05, 0.1) is 0 Å². The van der Waals surface area contributed by atoms with Gasteiger partial charge in [0.2, 0.25) is 0 Å². The molecule has 21 aromatic rings. The van der Waals surface area contributed by atoms with E-state index >= 15 is 52.7 Å². The van der Waals surface area contributed by atoms with Crippen LogP contribution in [-0.2, 0) is 35.5 Å². The molecule has 0 aliphatic heterocycles. The van der Waals surface area contributed by atoms with E-state index in [0.717, 1.165) is 127 Å². The first-order valence-electron chi connectivity index (χ1n) is 38.8. The van der Waals surface area contributed by atoms with Crippen LogP contribution in [0.4, 0.5) is 52.7 Å². The summed E-state index contributed by atoms with van der Waals surface area (Å²) in [6.45, 7) is 15.5. The first-order valence-corrected chi connectivity index (χ1v) is 51.9. The average Bonchev–Trinajstić information content (AvgIpc) is 1.51. The molecule has 0 unspecified atom stereocenters. The van der Waals surface area contributed by atoms with E-state index in [4.69, 9.17) is 0 Å². The summed E-state index contributed by atoms with van der Waals surface area (Å²) in [6.07, 6.45) is 0. The third-order valence-electron chi connectivity index (χ3n) is 24.3. The Kier molecular flexibility index (Phi) is 16.7. The van der Waals surface area contributed by atoms with Gasteiger partial charge in [-0.15, -0.1) is 181 Å². The summed E-state index contributed by atoms with van der Waals surface area (Å²) in [7, 11) is 0. The standard InChI is InChI=1S/C34H18F4S4.C32H18F4S6.C30H14F4S6/c1-15-3-5-25-17(7-15)9-27(39-25)29-13-23-31(41-29)19-11-22-20(12-21(19)33(23,35)36)32-24(34(22,37)38)14-30(42-32)28-10-18-8-16(2)4-6-26(18)40-28;1-11-5-17-21(37-11)9-23(39-17)19-7-15-29(41-19)25-13(3)28-26(14(4)27(25)31(15,33)34)30-16(32(28,35)36)8-20(42-30)24-10-22-18(40-24)6-12(2)38-22;1-11-3-19-23(35-11)9-25(37-19)21-7-17-27(39-21)13-5-16-14(6-15(13)29(17,31)32)28-18(30(16,33)34)8-22(40-28)26-10-24-20(38-26)4-12(2)36-24/h3-14H,1-2H3;5-10H,1-4H3;3-10H,1-2H3. The number of aryl methyl sites for hydroxylation is 6. The Bertz CT molecular complexity index is 7730. The molecular formula is C96H50F12S16. The van der Waals surface area contributed by atoms with Crippen LogP contribution in [0.2, 0.25) is 0 Å². The van der Waals surface area contributed by atoms with Crippen molar-refractivity contribution in [1.29, 1.82) is 0 Å². The van der Waals surface area contributed by atoms with Crippen molar-refractivity contribution in [1.82, 2.24) is 0 Å². The minimum absolute atomic E-state index is 0.0651. The number of thiophene rings is 16. The Morgan fingerprint density at radius 3 is 0.661 bits per heavy atom. The summed E-state index contributed by atoms with van der Waals surface area (Å²) >= 11 is 23.9. The van der Waals surface area contributed by atoms with E-state index in [2.05, 4.69) is 62.4 Å². The Labute approximate surface area is 762 Å². The Hall–Kier alpha value is -7.98. The lowest BCUT2D eigenvalue weighted by Gasteiger charge is -2.22. The predicted octanol–water partition coefficient (Wildman–Crippen LogP) is 38.2. The van der Waals surface area contributed by atoms with Crippen molar-refractivity contribution in [3.8, 4) is 121 Å². The molecule has 0 N–H and O–H groups in total.